The molecule has 0 unspecified atom stereocenters. The van der Waals surface area contributed by atoms with Crippen LogP contribution in [0.15, 0.2) is 24.3 Å². The van der Waals surface area contributed by atoms with E-state index in [2.05, 4.69) is 5.32 Å². The maximum absolute atomic E-state index is 11.8. The number of ether oxygens (including phenoxy) is 1. The van der Waals surface area contributed by atoms with Gasteiger partial charge in [-0.15, -0.1) is 0 Å². The fourth-order valence-electron chi connectivity index (χ4n) is 1.51. The first kappa shape index (κ1) is 15.5. The number of amides is 1. The lowest BCUT2D eigenvalue weighted by Gasteiger charge is -2.13. The number of carboxylic acids is 2. The fraction of sp³-hybridized carbons (Fsp3) is 0.308. The van der Waals surface area contributed by atoms with Crippen molar-refractivity contribution < 1.29 is 29.3 Å². The summed E-state index contributed by atoms with van der Waals surface area (Å²) in [6, 6.07) is 4.89. The summed E-state index contributed by atoms with van der Waals surface area (Å²) < 4.78 is 4.94. The highest BCUT2D eigenvalue weighted by Gasteiger charge is 2.21. The van der Waals surface area contributed by atoms with Crippen molar-refractivity contribution in [2.24, 2.45) is 0 Å². The highest BCUT2D eigenvalue weighted by Crippen LogP contribution is 2.11. The van der Waals surface area contributed by atoms with Crippen LogP contribution in [0.5, 0.6) is 5.75 Å². The molecule has 1 amide bonds. The zero-order valence-electron chi connectivity index (χ0n) is 10.8. The summed E-state index contributed by atoms with van der Waals surface area (Å²) in [5, 5.41) is 19.8. The smallest absolute Gasteiger partial charge is 0.326 e. The van der Waals surface area contributed by atoms with Crippen LogP contribution in [0.4, 0.5) is 0 Å². The molecule has 0 aliphatic rings. The molecule has 0 aromatic heterocycles. The van der Waals surface area contributed by atoms with Gasteiger partial charge in [0, 0.05) is 12.0 Å². The third-order valence-corrected chi connectivity index (χ3v) is 2.60. The molecule has 0 saturated heterocycles. The molecule has 0 spiro atoms. The van der Waals surface area contributed by atoms with Crippen LogP contribution in [-0.2, 0) is 9.59 Å². The van der Waals surface area contributed by atoms with Crippen molar-refractivity contribution in [1.82, 2.24) is 5.32 Å². The van der Waals surface area contributed by atoms with E-state index in [9.17, 15) is 14.4 Å². The minimum Gasteiger partial charge on any atom is -0.497 e. The number of rotatable bonds is 7. The van der Waals surface area contributed by atoms with Crippen molar-refractivity contribution in [2.75, 3.05) is 7.11 Å². The number of aliphatic carboxylic acids is 2. The lowest BCUT2D eigenvalue weighted by Crippen LogP contribution is -2.41. The average Bonchev–Trinajstić information content (AvgIpc) is 2.42. The number of carbonyl (C=O) groups excluding carboxylic acids is 1. The second-order valence-electron chi connectivity index (χ2n) is 4.03. The minimum absolute atomic E-state index is 0.174. The predicted octanol–water partition coefficient (Wildman–Crippen LogP) is 0.743. The normalized spacial score (nSPS) is 11.4. The van der Waals surface area contributed by atoms with E-state index in [-0.39, 0.29) is 18.4 Å². The Labute approximate surface area is 115 Å². The molecule has 7 nitrogen and oxygen atoms in total. The summed E-state index contributed by atoms with van der Waals surface area (Å²) in [7, 11) is 1.49. The Morgan fingerprint density at radius 3 is 2.25 bits per heavy atom. The molecule has 0 aliphatic heterocycles. The number of nitrogens with one attached hydrogen (secondary N) is 1. The first-order valence-corrected chi connectivity index (χ1v) is 5.83. The Kier molecular flexibility index (Phi) is 5.52. The van der Waals surface area contributed by atoms with E-state index in [1.54, 1.807) is 12.1 Å². The van der Waals surface area contributed by atoms with Crippen LogP contribution < -0.4 is 10.1 Å². The van der Waals surface area contributed by atoms with E-state index in [0.29, 0.717) is 5.75 Å². The molecule has 0 radical (unpaired) electrons. The van der Waals surface area contributed by atoms with E-state index in [0.717, 1.165) is 0 Å². The van der Waals surface area contributed by atoms with Crippen LogP contribution in [0.25, 0.3) is 0 Å². The molecule has 0 bridgehead atoms. The Morgan fingerprint density at radius 2 is 1.80 bits per heavy atom. The fourth-order valence-corrected chi connectivity index (χ4v) is 1.51. The standard InChI is InChI=1S/C13H15NO6/c1-20-9-4-2-8(3-5-9)12(17)14-10(13(18)19)6-7-11(15)16/h2-5,10H,6-7H2,1H3,(H,14,17)(H,15,16)(H,18,19)/t10-/m0/s1. The van der Waals surface area contributed by atoms with Gasteiger partial charge < -0.3 is 20.3 Å². The summed E-state index contributed by atoms with van der Waals surface area (Å²) in [4.78, 5) is 33.2. The van der Waals surface area contributed by atoms with Gasteiger partial charge in [-0.2, -0.15) is 0 Å². The van der Waals surface area contributed by atoms with Crippen LogP contribution >= 0.6 is 0 Å². The van der Waals surface area contributed by atoms with Crippen molar-refractivity contribution in [3.05, 3.63) is 29.8 Å². The van der Waals surface area contributed by atoms with Gasteiger partial charge in [0.2, 0.25) is 0 Å². The van der Waals surface area contributed by atoms with Gasteiger partial charge in [0.1, 0.15) is 11.8 Å². The van der Waals surface area contributed by atoms with Crippen LogP contribution in [-0.4, -0.2) is 41.2 Å². The molecule has 3 N–H and O–H groups in total. The average molecular weight is 281 g/mol. The maximum atomic E-state index is 11.8. The van der Waals surface area contributed by atoms with Crippen LogP contribution in [0.3, 0.4) is 0 Å². The third-order valence-electron chi connectivity index (χ3n) is 2.60. The van der Waals surface area contributed by atoms with Crippen molar-refractivity contribution in [3.63, 3.8) is 0 Å². The van der Waals surface area contributed by atoms with Crippen molar-refractivity contribution in [1.29, 1.82) is 0 Å². The van der Waals surface area contributed by atoms with E-state index in [1.165, 1.54) is 19.2 Å². The Bertz CT molecular complexity index is 496. The molecule has 108 valence electrons. The van der Waals surface area contributed by atoms with Gasteiger partial charge in [-0.25, -0.2) is 4.79 Å². The summed E-state index contributed by atoms with van der Waals surface area (Å²) in [5.41, 5.74) is 0.271. The second kappa shape index (κ2) is 7.13. The molecular formula is C13H15NO6. The van der Waals surface area contributed by atoms with Crippen LogP contribution in [0, 0.1) is 0 Å². The lowest BCUT2D eigenvalue weighted by atomic mass is 10.1. The van der Waals surface area contributed by atoms with E-state index in [4.69, 9.17) is 14.9 Å². The monoisotopic (exact) mass is 281 g/mol. The summed E-state index contributed by atoms with van der Waals surface area (Å²) in [6.07, 6.45) is -0.508. The summed E-state index contributed by atoms with van der Waals surface area (Å²) in [5.74, 6) is -2.39. The van der Waals surface area contributed by atoms with Crippen molar-refractivity contribution >= 4 is 17.8 Å². The quantitative estimate of drug-likeness (QED) is 0.679. The van der Waals surface area contributed by atoms with E-state index >= 15 is 0 Å². The molecule has 1 aromatic rings. The molecule has 0 saturated carbocycles. The highest BCUT2D eigenvalue weighted by molar-refractivity contribution is 5.96. The van der Waals surface area contributed by atoms with Gasteiger partial charge in [-0.1, -0.05) is 0 Å². The van der Waals surface area contributed by atoms with Gasteiger partial charge in [-0.3, -0.25) is 9.59 Å². The number of methoxy groups -OCH3 is 1. The van der Waals surface area contributed by atoms with Gasteiger partial charge in [0.25, 0.3) is 5.91 Å². The number of carbonyl (C=O) groups is 3. The first-order valence-electron chi connectivity index (χ1n) is 5.83. The van der Waals surface area contributed by atoms with Crippen molar-refractivity contribution in [3.8, 4) is 5.75 Å². The van der Waals surface area contributed by atoms with E-state index in [1.807, 2.05) is 0 Å². The zero-order chi connectivity index (χ0) is 15.1. The minimum atomic E-state index is -1.27. The molecule has 1 aromatic carbocycles. The molecule has 1 rings (SSSR count). The zero-order valence-corrected chi connectivity index (χ0v) is 10.8. The number of carboxylic acid groups (broad SMARTS) is 2. The third kappa shape index (κ3) is 4.60. The van der Waals surface area contributed by atoms with Gasteiger partial charge in [0.15, 0.2) is 0 Å². The van der Waals surface area contributed by atoms with Gasteiger partial charge >= 0.3 is 11.9 Å². The second-order valence-corrected chi connectivity index (χ2v) is 4.03. The SMILES string of the molecule is COc1ccc(C(=O)N[C@@H](CCC(=O)O)C(=O)O)cc1. The summed E-state index contributed by atoms with van der Waals surface area (Å²) in [6.45, 7) is 0. The molecule has 0 heterocycles. The molecule has 1 atom stereocenters. The molecule has 20 heavy (non-hydrogen) atoms. The Hall–Kier alpha value is -2.57. The molecule has 0 fully saturated rings. The largest absolute Gasteiger partial charge is 0.497 e. The van der Waals surface area contributed by atoms with Crippen LogP contribution in [0.2, 0.25) is 0 Å². The number of hydrogen-bond acceptors (Lipinski definition) is 4. The van der Waals surface area contributed by atoms with E-state index < -0.39 is 23.9 Å². The first-order chi connectivity index (χ1) is 9.43. The molecular weight excluding hydrogens is 266 g/mol. The number of benzene rings is 1. The Balaban J connectivity index is 2.69. The van der Waals surface area contributed by atoms with Gasteiger partial charge in [0.05, 0.1) is 7.11 Å². The Morgan fingerprint density at radius 1 is 1.20 bits per heavy atom. The predicted molar refractivity (Wildman–Crippen MR) is 68.8 cm³/mol. The maximum Gasteiger partial charge on any atom is 0.326 e. The van der Waals surface area contributed by atoms with Gasteiger partial charge in [-0.05, 0) is 30.7 Å². The molecule has 0 aliphatic carbocycles. The van der Waals surface area contributed by atoms with Crippen LogP contribution in [0.1, 0.15) is 23.2 Å². The number of hydrogen-bond donors (Lipinski definition) is 3. The topological polar surface area (TPSA) is 113 Å². The lowest BCUT2D eigenvalue weighted by molar-refractivity contribution is -0.140. The van der Waals surface area contributed by atoms with Crippen molar-refractivity contribution in [2.45, 2.75) is 18.9 Å². The molecule has 7 heteroatoms. The highest BCUT2D eigenvalue weighted by atomic mass is 16.5. The summed E-state index contributed by atoms with van der Waals surface area (Å²) >= 11 is 0.